The number of nitrogens with zero attached hydrogens (tertiary/aromatic N) is 2. The summed E-state index contributed by atoms with van der Waals surface area (Å²) >= 11 is 7.30. The van der Waals surface area contributed by atoms with Gasteiger partial charge in [0.15, 0.2) is 0 Å². The molecule has 0 saturated heterocycles. The molecule has 6 rings (SSSR count). The van der Waals surface area contributed by atoms with Crippen molar-refractivity contribution in [1.29, 1.82) is 0 Å². The molecule has 0 aliphatic carbocycles. The highest BCUT2D eigenvalue weighted by Crippen LogP contribution is 2.44. The van der Waals surface area contributed by atoms with E-state index in [1.807, 2.05) is 59.3 Å². The van der Waals surface area contributed by atoms with Gasteiger partial charge in [-0.2, -0.15) is 0 Å². The van der Waals surface area contributed by atoms with Crippen molar-refractivity contribution in [3.8, 4) is 50.4 Å². The Labute approximate surface area is 202 Å². The Morgan fingerprint density at radius 2 is 0.656 bits per heavy atom. The third-order valence-corrected chi connectivity index (χ3v) is 9.96. The Kier molecular flexibility index (Phi) is 5.29. The molecule has 0 atom stereocenters. The van der Waals surface area contributed by atoms with Gasteiger partial charge in [-0.1, -0.05) is 12.1 Å². The van der Waals surface area contributed by atoms with E-state index in [0.717, 1.165) is 11.4 Å². The lowest BCUT2D eigenvalue weighted by atomic mass is 10.3. The van der Waals surface area contributed by atoms with Crippen LogP contribution in [-0.4, -0.2) is 9.97 Å². The van der Waals surface area contributed by atoms with Crippen LogP contribution in [0, 0.1) is 0 Å². The third kappa shape index (κ3) is 3.87. The molecule has 6 aromatic rings. The van der Waals surface area contributed by atoms with E-state index in [-0.39, 0.29) is 0 Å². The van der Waals surface area contributed by atoms with Crippen molar-refractivity contribution in [3.63, 3.8) is 0 Å². The van der Waals surface area contributed by atoms with Crippen molar-refractivity contribution >= 4 is 45.3 Å². The van der Waals surface area contributed by atoms with E-state index >= 15 is 0 Å². The van der Waals surface area contributed by atoms with Gasteiger partial charge < -0.3 is 0 Å². The van der Waals surface area contributed by atoms with Gasteiger partial charge in [0.25, 0.3) is 0 Å². The van der Waals surface area contributed by atoms with Crippen molar-refractivity contribution in [3.05, 3.63) is 97.3 Å². The number of rotatable bonds is 5. The summed E-state index contributed by atoms with van der Waals surface area (Å²) in [5, 5.41) is 0. The van der Waals surface area contributed by atoms with Crippen molar-refractivity contribution in [1.82, 2.24) is 9.97 Å². The van der Waals surface area contributed by atoms with Crippen LogP contribution < -0.4 is 0 Å². The Bertz CT molecular complexity index is 1360. The van der Waals surface area contributed by atoms with Crippen LogP contribution in [0.1, 0.15) is 0 Å². The molecule has 2 nitrogen and oxygen atoms in total. The minimum absolute atomic E-state index is 1.03. The summed E-state index contributed by atoms with van der Waals surface area (Å²) in [6.45, 7) is 0. The van der Waals surface area contributed by atoms with Crippen LogP contribution in [-0.2, 0) is 0 Å². The fourth-order valence-electron chi connectivity index (χ4n) is 3.44. The monoisotopic (exact) mass is 484 g/mol. The van der Waals surface area contributed by atoms with Crippen LogP contribution in [0.3, 0.4) is 0 Å². The molecule has 154 valence electrons. The van der Waals surface area contributed by atoms with Crippen LogP contribution in [0.4, 0.5) is 0 Å². The zero-order valence-electron chi connectivity index (χ0n) is 16.8. The minimum atomic E-state index is 1.03. The van der Waals surface area contributed by atoms with E-state index in [0.29, 0.717) is 0 Å². The van der Waals surface area contributed by atoms with Crippen molar-refractivity contribution in [2.45, 2.75) is 0 Å². The predicted octanol–water partition coefficient (Wildman–Crippen LogP) is 9.06. The maximum absolute atomic E-state index is 4.47. The lowest BCUT2D eigenvalue weighted by Gasteiger charge is -1.94. The van der Waals surface area contributed by atoms with Crippen molar-refractivity contribution in [2.75, 3.05) is 0 Å². The van der Waals surface area contributed by atoms with Crippen LogP contribution in [0.2, 0.25) is 0 Å². The summed E-state index contributed by atoms with van der Waals surface area (Å²) < 4.78 is 0. The SMILES string of the molecule is c1ccc(-c2ccc(-c3ccc(-c4ccc(-c5ccc(-c6ccccn6)s5)s4)s3)s2)nc1. The van der Waals surface area contributed by atoms with Crippen molar-refractivity contribution < 1.29 is 0 Å². The molecule has 0 unspecified atom stereocenters. The highest BCUT2D eigenvalue weighted by molar-refractivity contribution is 7.29. The third-order valence-electron chi connectivity index (χ3n) is 4.99. The van der Waals surface area contributed by atoms with E-state index in [2.05, 4.69) is 70.6 Å². The molecule has 0 aliphatic heterocycles. The van der Waals surface area contributed by atoms with Gasteiger partial charge in [0.2, 0.25) is 0 Å². The molecule has 6 aromatic heterocycles. The summed E-state index contributed by atoms with van der Waals surface area (Å²) in [7, 11) is 0. The molecule has 6 heteroatoms. The average Bonchev–Trinajstić information content (AvgIpc) is 3.65. The van der Waals surface area contributed by atoms with Gasteiger partial charge in [-0.05, 0) is 72.8 Å². The first-order chi connectivity index (χ1) is 15.8. The molecule has 0 fully saturated rings. The van der Waals surface area contributed by atoms with E-state index in [1.165, 1.54) is 39.0 Å². The standard InChI is InChI=1S/C26H16N2S4/c1-3-15-27-17(5-1)19-7-9-21(29-19)23-11-13-25(31-23)26-14-12-24(32-26)22-10-8-20(30-22)18-6-2-4-16-28-18/h1-16H. The van der Waals surface area contributed by atoms with Crippen LogP contribution in [0.5, 0.6) is 0 Å². The second-order valence-corrected chi connectivity index (χ2v) is 11.4. The number of aromatic nitrogens is 2. The Balaban J connectivity index is 1.24. The maximum atomic E-state index is 4.47. The molecule has 0 aromatic carbocycles. The summed E-state index contributed by atoms with van der Waals surface area (Å²) in [5.41, 5.74) is 2.06. The zero-order valence-corrected chi connectivity index (χ0v) is 20.0. The molecule has 0 radical (unpaired) electrons. The number of thiophene rings is 4. The van der Waals surface area contributed by atoms with Gasteiger partial charge in [-0.3, -0.25) is 9.97 Å². The molecular weight excluding hydrogens is 469 g/mol. The number of pyridine rings is 2. The summed E-state index contributed by atoms with van der Waals surface area (Å²) in [5.74, 6) is 0. The van der Waals surface area contributed by atoms with Gasteiger partial charge in [0, 0.05) is 41.7 Å². The first-order valence-electron chi connectivity index (χ1n) is 10.1. The van der Waals surface area contributed by atoms with E-state index in [4.69, 9.17) is 0 Å². The Morgan fingerprint density at radius 3 is 0.969 bits per heavy atom. The maximum Gasteiger partial charge on any atom is 0.0801 e. The first-order valence-corrected chi connectivity index (χ1v) is 13.3. The summed E-state index contributed by atoms with van der Waals surface area (Å²) in [6, 6.07) is 29.8. The largest absolute Gasteiger partial charge is 0.255 e. The van der Waals surface area contributed by atoms with E-state index in [9.17, 15) is 0 Å². The highest BCUT2D eigenvalue weighted by atomic mass is 32.1. The normalized spacial score (nSPS) is 11.1. The van der Waals surface area contributed by atoms with Crippen molar-refractivity contribution in [2.24, 2.45) is 0 Å². The van der Waals surface area contributed by atoms with Gasteiger partial charge in [0.05, 0.1) is 21.1 Å². The molecule has 0 amide bonds. The lowest BCUT2D eigenvalue weighted by Crippen LogP contribution is -1.75. The second-order valence-electron chi connectivity index (χ2n) is 7.09. The topological polar surface area (TPSA) is 25.8 Å². The van der Waals surface area contributed by atoms with Gasteiger partial charge in [-0.15, -0.1) is 45.3 Å². The number of hydrogen-bond donors (Lipinski definition) is 0. The number of hydrogen-bond acceptors (Lipinski definition) is 6. The molecule has 0 aliphatic rings. The quantitative estimate of drug-likeness (QED) is 0.244. The van der Waals surface area contributed by atoms with E-state index in [1.54, 1.807) is 22.7 Å². The molecule has 0 bridgehead atoms. The average molecular weight is 485 g/mol. The molecule has 0 spiro atoms. The fourth-order valence-corrected chi connectivity index (χ4v) is 7.69. The van der Waals surface area contributed by atoms with Crippen LogP contribution >= 0.6 is 45.3 Å². The Hall–Kier alpha value is -2.90. The fraction of sp³-hybridized carbons (Fsp3) is 0. The molecule has 0 saturated carbocycles. The molecule has 6 heterocycles. The first kappa shape index (κ1) is 19.8. The Morgan fingerprint density at radius 1 is 0.344 bits per heavy atom. The molecular formula is C26H16N2S4. The molecule has 0 N–H and O–H groups in total. The van der Waals surface area contributed by atoms with Crippen LogP contribution in [0.15, 0.2) is 97.3 Å². The predicted molar refractivity (Wildman–Crippen MR) is 141 cm³/mol. The van der Waals surface area contributed by atoms with Crippen LogP contribution in [0.25, 0.3) is 50.4 Å². The smallest absolute Gasteiger partial charge is 0.0801 e. The second kappa shape index (κ2) is 8.56. The van der Waals surface area contributed by atoms with Gasteiger partial charge >= 0.3 is 0 Å². The summed E-state index contributed by atoms with van der Waals surface area (Å²) in [4.78, 5) is 19.2. The molecule has 32 heavy (non-hydrogen) atoms. The lowest BCUT2D eigenvalue weighted by molar-refractivity contribution is 1.34. The zero-order chi connectivity index (χ0) is 21.3. The highest BCUT2D eigenvalue weighted by Gasteiger charge is 2.13. The van der Waals surface area contributed by atoms with E-state index < -0.39 is 0 Å². The van der Waals surface area contributed by atoms with Gasteiger partial charge in [-0.25, -0.2) is 0 Å². The van der Waals surface area contributed by atoms with Gasteiger partial charge in [0.1, 0.15) is 0 Å². The summed E-state index contributed by atoms with van der Waals surface area (Å²) in [6.07, 6.45) is 3.69. The minimum Gasteiger partial charge on any atom is -0.255 e.